The summed E-state index contributed by atoms with van der Waals surface area (Å²) in [4.78, 5) is 19.0. The van der Waals surface area contributed by atoms with Crippen molar-refractivity contribution < 1.29 is 19.0 Å². The Balaban J connectivity index is 0.000000184. The molecule has 12 heteroatoms. The van der Waals surface area contributed by atoms with Crippen molar-refractivity contribution in [3.05, 3.63) is 47.5 Å². The summed E-state index contributed by atoms with van der Waals surface area (Å²) in [5.41, 5.74) is 3.57. The van der Waals surface area contributed by atoms with Crippen LogP contribution < -0.4 is 25.4 Å². The largest absolute Gasteiger partial charge is 0.492 e. The van der Waals surface area contributed by atoms with E-state index in [1.54, 1.807) is 0 Å². The minimum absolute atomic E-state index is 0.200. The van der Waals surface area contributed by atoms with E-state index in [1.807, 2.05) is 62.1 Å². The number of benzene rings is 2. The topological polar surface area (TPSA) is 138 Å². The maximum Gasteiger partial charge on any atom is 0.410 e. The number of nitrogens with zero attached hydrogens (tertiary/aromatic N) is 5. The molecule has 0 bridgehead atoms. The zero-order valence-corrected chi connectivity index (χ0v) is 36.3. The second-order valence-corrected chi connectivity index (χ2v) is 19.8. The van der Waals surface area contributed by atoms with Crippen molar-refractivity contribution in [2.75, 3.05) is 90.3 Å². The van der Waals surface area contributed by atoms with E-state index in [1.165, 1.54) is 45.2 Å². The third kappa shape index (κ3) is 11.3. The van der Waals surface area contributed by atoms with Crippen LogP contribution in [0, 0.1) is 45.3 Å². The number of anilines is 2. The van der Waals surface area contributed by atoms with Crippen molar-refractivity contribution in [3.63, 3.8) is 0 Å². The lowest BCUT2D eigenvalue weighted by Gasteiger charge is -2.45. The van der Waals surface area contributed by atoms with Crippen LogP contribution in [0.4, 0.5) is 16.2 Å². The highest BCUT2D eigenvalue weighted by Crippen LogP contribution is 2.50. The van der Waals surface area contributed by atoms with Crippen LogP contribution in [0.3, 0.4) is 0 Å². The van der Waals surface area contributed by atoms with Crippen molar-refractivity contribution in [2.24, 2.45) is 22.7 Å². The van der Waals surface area contributed by atoms with E-state index in [0.717, 1.165) is 88.5 Å². The fourth-order valence-electron chi connectivity index (χ4n) is 10.1. The first kappa shape index (κ1) is 42.9. The van der Waals surface area contributed by atoms with Gasteiger partial charge in [-0.3, -0.25) is 0 Å². The van der Waals surface area contributed by atoms with Crippen LogP contribution in [0.1, 0.15) is 96.1 Å². The molecule has 8 rings (SSSR count). The minimum atomic E-state index is -0.459. The number of amides is 1. The highest BCUT2D eigenvalue weighted by Gasteiger charge is 2.50. The summed E-state index contributed by atoms with van der Waals surface area (Å²) < 4.78 is 17.7. The third-order valence-electron chi connectivity index (χ3n) is 13.7. The summed E-state index contributed by atoms with van der Waals surface area (Å²) in [7, 11) is 4.33. The van der Waals surface area contributed by atoms with Crippen LogP contribution in [0.2, 0.25) is 0 Å². The van der Waals surface area contributed by atoms with Crippen LogP contribution in [-0.4, -0.2) is 118 Å². The molecule has 0 aromatic heterocycles. The zero-order valence-electron chi connectivity index (χ0n) is 36.3. The standard InChI is InChI=1S/C26H38N4O3.C21H30N4O/c1-25(2,3)33-24(31)30-12-9-26(18-30)14-22(15-26)28-21-6-5-20(16-27)23(13-21)32-17-19-7-10-29(4)11-8-19;1-25-8-4-16(5-9-25)14-26-20-10-18(3-2-17(20)13-22)24-19-11-21(12-19)6-7-23-15-21/h5-6,13,19,22,28H,7-12,14-15,17-18H2,1-4H3;2-3,10,16,19,23-24H,4-9,11-12,14-15H2,1H3. The van der Waals surface area contributed by atoms with Gasteiger partial charge in [-0.05, 0) is 179 Å². The highest BCUT2D eigenvalue weighted by molar-refractivity contribution is 5.68. The quantitative estimate of drug-likeness (QED) is 0.223. The molecule has 6 fully saturated rings. The van der Waals surface area contributed by atoms with Crippen LogP contribution in [0.25, 0.3) is 0 Å². The molecule has 4 heterocycles. The summed E-state index contributed by atoms with van der Waals surface area (Å²) in [5, 5.41) is 29.6. The van der Waals surface area contributed by atoms with Crippen LogP contribution in [0.5, 0.6) is 11.5 Å². The molecule has 2 aromatic carbocycles. The molecule has 0 atom stereocenters. The van der Waals surface area contributed by atoms with E-state index < -0.39 is 5.60 Å². The van der Waals surface area contributed by atoms with Gasteiger partial charge in [0.25, 0.3) is 0 Å². The second kappa shape index (κ2) is 18.6. The Morgan fingerprint density at radius 2 is 1.25 bits per heavy atom. The Kier molecular flexibility index (Phi) is 13.5. The van der Waals surface area contributed by atoms with E-state index in [4.69, 9.17) is 14.2 Å². The number of carbonyl (C=O) groups excluding carboxylic acids is 1. The van der Waals surface area contributed by atoms with Gasteiger partial charge >= 0.3 is 6.09 Å². The molecule has 2 aliphatic carbocycles. The molecular formula is C47H68N8O4. The fourth-order valence-corrected chi connectivity index (χ4v) is 10.1. The van der Waals surface area contributed by atoms with Gasteiger partial charge in [0.05, 0.1) is 24.3 Å². The monoisotopic (exact) mass is 809 g/mol. The Labute approximate surface area is 352 Å². The number of nitriles is 2. The molecule has 4 saturated heterocycles. The number of nitrogens with one attached hydrogen (secondary N) is 3. The molecule has 2 aromatic rings. The number of hydrogen-bond donors (Lipinski definition) is 3. The third-order valence-corrected chi connectivity index (χ3v) is 13.7. The molecule has 59 heavy (non-hydrogen) atoms. The highest BCUT2D eigenvalue weighted by atomic mass is 16.6. The lowest BCUT2D eigenvalue weighted by molar-refractivity contribution is 0.0237. The summed E-state index contributed by atoms with van der Waals surface area (Å²) in [6.07, 6.45) is 11.3. The second-order valence-electron chi connectivity index (χ2n) is 19.8. The Hall–Kier alpha value is -4.23. The van der Waals surface area contributed by atoms with E-state index in [-0.39, 0.29) is 11.5 Å². The Morgan fingerprint density at radius 1 is 0.763 bits per heavy atom. The summed E-state index contributed by atoms with van der Waals surface area (Å²) in [6, 6.07) is 17.2. The average Bonchev–Trinajstić information content (AvgIpc) is 3.87. The van der Waals surface area contributed by atoms with Gasteiger partial charge in [-0.2, -0.15) is 10.5 Å². The molecule has 1 amide bonds. The van der Waals surface area contributed by atoms with E-state index >= 15 is 0 Å². The lowest BCUT2D eigenvalue weighted by atomic mass is 9.65. The number of rotatable bonds is 10. The number of ether oxygens (including phenoxy) is 3. The molecule has 2 spiro atoms. The van der Waals surface area contributed by atoms with Gasteiger partial charge in [0, 0.05) is 55.2 Å². The molecule has 6 aliphatic rings. The van der Waals surface area contributed by atoms with E-state index in [9.17, 15) is 15.3 Å². The van der Waals surface area contributed by atoms with Crippen molar-refractivity contribution >= 4 is 17.5 Å². The summed E-state index contributed by atoms with van der Waals surface area (Å²) in [6.45, 7) is 15.5. The fraction of sp³-hybridized carbons (Fsp3) is 0.681. The number of carbonyl (C=O) groups is 1. The molecule has 12 nitrogen and oxygen atoms in total. The molecule has 0 unspecified atom stereocenters. The number of piperidine rings is 2. The van der Waals surface area contributed by atoms with Gasteiger partial charge in [0.1, 0.15) is 29.2 Å². The minimum Gasteiger partial charge on any atom is -0.492 e. The average molecular weight is 809 g/mol. The number of hydrogen-bond acceptors (Lipinski definition) is 11. The maximum absolute atomic E-state index is 12.4. The Bertz CT molecular complexity index is 1810. The zero-order chi connectivity index (χ0) is 41.6. The summed E-state index contributed by atoms with van der Waals surface area (Å²) >= 11 is 0. The van der Waals surface area contributed by atoms with Gasteiger partial charge < -0.3 is 44.9 Å². The van der Waals surface area contributed by atoms with Gasteiger partial charge in [-0.15, -0.1) is 0 Å². The molecular weight excluding hydrogens is 741 g/mol. The predicted octanol–water partition coefficient (Wildman–Crippen LogP) is 7.31. The Morgan fingerprint density at radius 3 is 1.69 bits per heavy atom. The van der Waals surface area contributed by atoms with Gasteiger partial charge in [0.2, 0.25) is 0 Å². The molecule has 2 saturated carbocycles. The smallest absolute Gasteiger partial charge is 0.410 e. The first-order valence-corrected chi connectivity index (χ1v) is 22.2. The van der Waals surface area contributed by atoms with E-state index in [2.05, 4.69) is 52.0 Å². The van der Waals surface area contributed by atoms with Crippen molar-refractivity contribution in [1.29, 1.82) is 10.5 Å². The van der Waals surface area contributed by atoms with Gasteiger partial charge in [-0.25, -0.2) is 4.79 Å². The van der Waals surface area contributed by atoms with E-state index in [0.29, 0.717) is 59.4 Å². The molecule has 0 radical (unpaired) electrons. The van der Waals surface area contributed by atoms with Crippen molar-refractivity contribution in [2.45, 2.75) is 103 Å². The van der Waals surface area contributed by atoms with Crippen LogP contribution >= 0.6 is 0 Å². The maximum atomic E-state index is 12.4. The first-order chi connectivity index (χ1) is 28.3. The molecule has 4 aliphatic heterocycles. The molecule has 3 N–H and O–H groups in total. The van der Waals surface area contributed by atoms with Crippen molar-refractivity contribution in [1.82, 2.24) is 20.0 Å². The predicted molar refractivity (Wildman–Crippen MR) is 232 cm³/mol. The van der Waals surface area contributed by atoms with Crippen LogP contribution in [0.15, 0.2) is 36.4 Å². The SMILES string of the molecule is CN1CCC(COc2cc(NC3CC4(CCN(C(=O)OC(C)(C)C)C4)C3)ccc2C#N)CC1.CN1CCC(COc2cc(NC3CC4(CCNC4)C3)ccc2C#N)CC1. The lowest BCUT2D eigenvalue weighted by Crippen LogP contribution is -2.47. The van der Waals surface area contributed by atoms with Crippen LogP contribution in [-0.2, 0) is 4.74 Å². The van der Waals surface area contributed by atoms with Gasteiger partial charge in [0.15, 0.2) is 0 Å². The summed E-state index contributed by atoms with van der Waals surface area (Å²) in [5.74, 6) is 2.54. The van der Waals surface area contributed by atoms with Gasteiger partial charge in [-0.1, -0.05) is 0 Å². The first-order valence-electron chi connectivity index (χ1n) is 22.2. The molecule has 320 valence electrons. The normalized spacial score (nSPS) is 27.5. The number of likely N-dealkylation sites (tertiary alicyclic amines) is 3. The van der Waals surface area contributed by atoms with Crippen molar-refractivity contribution in [3.8, 4) is 23.6 Å².